The number of hydrogen-bond acceptors (Lipinski definition) is 10. The second-order valence-corrected chi connectivity index (χ2v) is 15.6. The Morgan fingerprint density at radius 3 is 2.52 bits per heavy atom. The summed E-state index contributed by atoms with van der Waals surface area (Å²) in [6, 6.07) is 11.1. The lowest BCUT2D eigenvalue weighted by Crippen LogP contribution is -2.47. The molecule has 1 fully saturated rings. The number of halogens is 4. The van der Waals surface area contributed by atoms with Gasteiger partial charge in [0.05, 0.1) is 11.6 Å². The fourth-order valence-corrected chi connectivity index (χ4v) is 6.87. The lowest BCUT2D eigenvalue weighted by atomic mass is 9.75. The average molecular weight is 776 g/mol. The van der Waals surface area contributed by atoms with Crippen LogP contribution in [0, 0.1) is 23.2 Å². The molecule has 6 bridgehead atoms. The molecule has 2 aromatic carbocycles. The first-order chi connectivity index (χ1) is 25.5. The second kappa shape index (κ2) is 17.7. The molecular formula is C38H49ClF3N7O5. The number of hydrogen-bond donors (Lipinski definition) is 3. The summed E-state index contributed by atoms with van der Waals surface area (Å²) in [7, 11) is 0. The molecule has 1 aliphatic carbocycles. The molecule has 8 rings (SSSR count). The van der Waals surface area contributed by atoms with Crippen LogP contribution >= 0.6 is 11.6 Å². The van der Waals surface area contributed by atoms with Gasteiger partial charge in [-0.05, 0) is 84.4 Å². The molecule has 1 unspecified atom stereocenters. The lowest BCUT2D eigenvalue weighted by molar-refractivity contribution is -0.154. The summed E-state index contributed by atoms with van der Waals surface area (Å²) in [6.45, 7) is 10.3. The molecule has 5 heterocycles. The second-order valence-electron chi connectivity index (χ2n) is 15.2. The molecule has 3 aromatic rings. The third-order valence-corrected chi connectivity index (χ3v) is 9.77. The molecule has 16 heteroatoms. The lowest BCUT2D eigenvalue weighted by Gasteiger charge is -2.39. The summed E-state index contributed by atoms with van der Waals surface area (Å²) in [5, 5.41) is 9.23. The van der Waals surface area contributed by atoms with Crippen LogP contribution in [0.2, 0.25) is 5.02 Å². The van der Waals surface area contributed by atoms with E-state index in [9.17, 15) is 22.8 Å². The van der Waals surface area contributed by atoms with E-state index in [2.05, 4.69) is 51.7 Å². The fraction of sp³-hybridized carbons (Fsp3) is 0.553. The number of nitrogens with one attached hydrogen (secondary N) is 3. The molecule has 3 atom stereocenters. The monoisotopic (exact) mass is 775 g/mol. The van der Waals surface area contributed by atoms with Crippen molar-refractivity contribution in [2.75, 3.05) is 43.5 Å². The van der Waals surface area contributed by atoms with E-state index in [4.69, 9.17) is 25.8 Å². The number of nitrogens with zero attached hydrogens (tertiary/aromatic N) is 4. The number of aromatic nitrogens is 3. The molecule has 0 spiro atoms. The minimum Gasteiger partial charge on any atom is -0.492 e. The van der Waals surface area contributed by atoms with Crippen molar-refractivity contribution in [2.45, 2.75) is 79.1 Å². The Hall–Kier alpha value is -4.53. The van der Waals surface area contributed by atoms with Crippen LogP contribution in [-0.2, 0) is 11.3 Å². The zero-order chi connectivity index (χ0) is 39.0. The first-order valence-electron chi connectivity index (χ1n) is 18.2. The minimum atomic E-state index is -4.60. The smallest absolute Gasteiger partial charge is 0.422 e. The van der Waals surface area contributed by atoms with E-state index in [1.807, 2.05) is 13.8 Å². The van der Waals surface area contributed by atoms with Crippen LogP contribution in [0.5, 0.6) is 11.8 Å². The highest BCUT2D eigenvalue weighted by Gasteiger charge is 2.36. The van der Waals surface area contributed by atoms with Gasteiger partial charge in [-0.25, -0.2) is 4.79 Å². The van der Waals surface area contributed by atoms with Gasteiger partial charge in [0.1, 0.15) is 11.9 Å². The number of carbonyl (C=O) groups excluding carboxylic acids is 2. The largest absolute Gasteiger partial charge is 0.492 e. The molecule has 3 N–H and O–H groups in total. The van der Waals surface area contributed by atoms with Crippen molar-refractivity contribution in [3.05, 3.63) is 58.6 Å². The summed E-state index contributed by atoms with van der Waals surface area (Å²) in [4.78, 5) is 41.1. The van der Waals surface area contributed by atoms with Crippen molar-refractivity contribution in [3.8, 4) is 11.8 Å². The van der Waals surface area contributed by atoms with Gasteiger partial charge in [0, 0.05) is 37.4 Å². The zero-order valence-electron chi connectivity index (χ0n) is 31.3. The molecule has 0 saturated heterocycles. The molecule has 294 valence electrons. The molecule has 54 heavy (non-hydrogen) atoms. The van der Waals surface area contributed by atoms with Gasteiger partial charge in [-0.3, -0.25) is 4.79 Å². The van der Waals surface area contributed by atoms with Gasteiger partial charge >= 0.3 is 18.3 Å². The third kappa shape index (κ3) is 12.0. The van der Waals surface area contributed by atoms with E-state index in [0.717, 1.165) is 24.8 Å². The highest BCUT2D eigenvalue weighted by Crippen LogP contribution is 2.36. The summed E-state index contributed by atoms with van der Waals surface area (Å²) in [6.07, 6.45) is -1.68. The Morgan fingerprint density at radius 2 is 1.81 bits per heavy atom. The normalized spacial score (nSPS) is 21.3. The van der Waals surface area contributed by atoms with Crippen LogP contribution in [0.4, 0.5) is 35.5 Å². The van der Waals surface area contributed by atoms with Crippen molar-refractivity contribution >= 4 is 41.2 Å². The standard InChI is InChI=1S/C38H49ClF3N7O5/c1-23(2)28-13-7-24(3)17-31(28)54-36(51)49-15-6-16-52-30-14-8-25(18-29(30)39)19-43-33-46-34(48-35(47-33)53-22-38(40,41)42)45-27-11-9-26(10-12-27)32(50)44-20-37(4,5)21-49/h8-12,14,18,23-24,28,31H,6-7,13,15-17,19-22H2,1-5H3,(H,44,50)(H2,43,45,46,47,48)/t24-,28+,31?/m1/s1. The van der Waals surface area contributed by atoms with Gasteiger partial charge < -0.3 is 35.1 Å². The van der Waals surface area contributed by atoms with Crippen molar-refractivity contribution in [2.24, 2.45) is 23.2 Å². The first-order valence-corrected chi connectivity index (χ1v) is 18.6. The SMILES string of the molecule is CC(C)[C@@H]1CC[C@@H](C)CC1OC(=O)N1CCCOc2ccc(cc2Cl)CNc2nc(nc(OCC(F)(F)F)n2)Nc2ccc(cc2)C(=O)NCC(C)(C)C1. The number of amides is 2. The summed E-state index contributed by atoms with van der Waals surface area (Å²) >= 11 is 6.58. The highest BCUT2D eigenvalue weighted by atomic mass is 35.5. The molecule has 1 aromatic heterocycles. The molecular weight excluding hydrogens is 727 g/mol. The maximum absolute atomic E-state index is 13.9. The Labute approximate surface area is 318 Å². The van der Waals surface area contributed by atoms with Gasteiger partial charge in [0.25, 0.3) is 5.91 Å². The van der Waals surface area contributed by atoms with Gasteiger partial charge in [-0.15, -0.1) is 0 Å². The van der Waals surface area contributed by atoms with Crippen molar-refractivity contribution in [3.63, 3.8) is 0 Å². The number of benzene rings is 2. The predicted molar refractivity (Wildman–Crippen MR) is 199 cm³/mol. The van der Waals surface area contributed by atoms with Crippen molar-refractivity contribution < 1.29 is 37.0 Å². The highest BCUT2D eigenvalue weighted by molar-refractivity contribution is 6.32. The summed E-state index contributed by atoms with van der Waals surface area (Å²) in [5.74, 6) is 1.15. The zero-order valence-corrected chi connectivity index (χ0v) is 32.0. The quantitative estimate of drug-likeness (QED) is 0.237. The molecule has 5 aliphatic rings. The van der Waals surface area contributed by atoms with Crippen LogP contribution in [0.3, 0.4) is 0 Å². The van der Waals surface area contributed by atoms with Crippen LogP contribution in [0.1, 0.15) is 76.2 Å². The summed E-state index contributed by atoms with van der Waals surface area (Å²) in [5.41, 5.74) is 1.03. The maximum atomic E-state index is 13.9. The Bertz CT molecular complexity index is 1750. The topological polar surface area (TPSA) is 140 Å². The predicted octanol–water partition coefficient (Wildman–Crippen LogP) is 8.26. The Morgan fingerprint density at radius 1 is 1.07 bits per heavy atom. The van der Waals surface area contributed by atoms with E-state index in [0.29, 0.717) is 59.3 Å². The first kappa shape index (κ1) is 40.7. The van der Waals surface area contributed by atoms with E-state index in [1.54, 1.807) is 47.4 Å². The van der Waals surface area contributed by atoms with Crippen molar-refractivity contribution in [1.29, 1.82) is 0 Å². The van der Waals surface area contributed by atoms with Gasteiger partial charge in [-0.1, -0.05) is 58.7 Å². The van der Waals surface area contributed by atoms with Crippen LogP contribution in [0.25, 0.3) is 0 Å². The number of anilines is 3. The molecule has 12 nitrogen and oxygen atoms in total. The average Bonchev–Trinajstić information content (AvgIpc) is 3.10. The summed E-state index contributed by atoms with van der Waals surface area (Å²) < 4.78 is 55.8. The van der Waals surface area contributed by atoms with E-state index >= 15 is 0 Å². The molecule has 1 saturated carbocycles. The molecule has 2 amide bonds. The number of ether oxygens (including phenoxy) is 3. The van der Waals surface area contributed by atoms with Gasteiger partial charge in [-0.2, -0.15) is 28.1 Å². The van der Waals surface area contributed by atoms with E-state index in [1.165, 1.54) is 0 Å². The maximum Gasteiger partial charge on any atom is 0.422 e. The number of carbonyl (C=O) groups is 2. The van der Waals surface area contributed by atoms with Gasteiger partial charge in [0.2, 0.25) is 11.9 Å². The Kier molecular flexibility index (Phi) is 13.4. The van der Waals surface area contributed by atoms with Crippen LogP contribution in [-0.4, -0.2) is 77.0 Å². The molecule has 4 aliphatic heterocycles. The van der Waals surface area contributed by atoms with Crippen LogP contribution < -0.4 is 25.4 Å². The third-order valence-electron chi connectivity index (χ3n) is 9.48. The minimum absolute atomic E-state index is 0.0463. The molecule has 0 radical (unpaired) electrons. The van der Waals surface area contributed by atoms with E-state index < -0.39 is 24.2 Å². The Balaban J connectivity index is 1.37. The number of rotatable bonds is 4. The van der Waals surface area contributed by atoms with Gasteiger partial charge in [0.15, 0.2) is 6.61 Å². The van der Waals surface area contributed by atoms with Crippen LogP contribution in [0.15, 0.2) is 42.5 Å². The van der Waals surface area contributed by atoms with E-state index in [-0.39, 0.29) is 49.7 Å². The fourth-order valence-electron chi connectivity index (χ4n) is 6.61. The van der Waals surface area contributed by atoms with Crippen molar-refractivity contribution in [1.82, 2.24) is 25.2 Å². The number of alkyl halides is 3.